The average Bonchev–Trinajstić information content (AvgIpc) is 3.11. The van der Waals surface area contributed by atoms with Crippen molar-refractivity contribution in [3.05, 3.63) is 35.4 Å². The summed E-state index contributed by atoms with van der Waals surface area (Å²) in [5, 5.41) is 0. The molecule has 1 aromatic carbocycles. The molecule has 0 N–H and O–H groups in total. The number of benzene rings is 1. The highest BCUT2D eigenvalue weighted by molar-refractivity contribution is 5.85. The number of carbonyl (C=O) groups excluding carboxylic acids is 1. The van der Waals surface area contributed by atoms with E-state index in [2.05, 4.69) is 24.3 Å². The van der Waals surface area contributed by atoms with Gasteiger partial charge in [-0.05, 0) is 42.2 Å². The van der Waals surface area contributed by atoms with E-state index in [0.29, 0.717) is 24.0 Å². The maximum atomic E-state index is 12.1. The summed E-state index contributed by atoms with van der Waals surface area (Å²) in [6.45, 7) is 0. The van der Waals surface area contributed by atoms with E-state index in [9.17, 15) is 4.79 Å². The average molecular weight is 230 g/mol. The number of hydrogen-bond acceptors (Lipinski definition) is 2. The van der Waals surface area contributed by atoms with Gasteiger partial charge in [0.15, 0.2) is 5.78 Å². The van der Waals surface area contributed by atoms with Crippen molar-refractivity contribution in [1.82, 2.24) is 0 Å². The zero-order valence-electron chi connectivity index (χ0n) is 10.2. The van der Waals surface area contributed by atoms with Crippen LogP contribution in [0.5, 0.6) is 0 Å². The van der Waals surface area contributed by atoms with E-state index in [1.807, 2.05) is 0 Å². The summed E-state index contributed by atoms with van der Waals surface area (Å²) in [7, 11) is 1.66. The minimum absolute atomic E-state index is 0.136. The Bertz CT molecular complexity index is 434. The minimum Gasteiger partial charge on any atom is -0.373 e. The third-order valence-corrected chi connectivity index (χ3v) is 4.03. The van der Waals surface area contributed by atoms with Gasteiger partial charge in [0, 0.05) is 13.5 Å². The van der Waals surface area contributed by atoms with Crippen molar-refractivity contribution in [2.45, 2.75) is 37.7 Å². The van der Waals surface area contributed by atoms with Crippen molar-refractivity contribution in [1.29, 1.82) is 0 Å². The van der Waals surface area contributed by atoms with Gasteiger partial charge in [0.1, 0.15) is 6.10 Å². The lowest BCUT2D eigenvalue weighted by Crippen LogP contribution is -2.29. The van der Waals surface area contributed by atoms with Gasteiger partial charge < -0.3 is 4.74 Å². The topological polar surface area (TPSA) is 26.3 Å². The lowest BCUT2D eigenvalue weighted by molar-refractivity contribution is -0.130. The Morgan fingerprint density at radius 2 is 2.18 bits per heavy atom. The Hall–Kier alpha value is -1.15. The first-order chi connectivity index (χ1) is 8.29. The highest BCUT2D eigenvalue weighted by Gasteiger charge is 2.38. The lowest BCUT2D eigenvalue weighted by Gasteiger charge is -2.30. The van der Waals surface area contributed by atoms with Gasteiger partial charge in [-0.1, -0.05) is 24.3 Å². The second-order valence-electron chi connectivity index (χ2n) is 5.26. The third-order valence-electron chi connectivity index (χ3n) is 4.03. The van der Waals surface area contributed by atoms with Crippen molar-refractivity contribution in [3.63, 3.8) is 0 Å². The Labute approximate surface area is 102 Å². The molecule has 0 bridgehead atoms. The van der Waals surface area contributed by atoms with Crippen LogP contribution in [0.2, 0.25) is 0 Å². The zero-order chi connectivity index (χ0) is 11.8. The number of fused-ring (bicyclic) bond motifs is 1. The zero-order valence-corrected chi connectivity index (χ0v) is 10.2. The van der Waals surface area contributed by atoms with E-state index >= 15 is 0 Å². The van der Waals surface area contributed by atoms with Crippen LogP contribution >= 0.6 is 0 Å². The number of methoxy groups -OCH3 is 1. The van der Waals surface area contributed by atoms with Crippen molar-refractivity contribution >= 4 is 5.78 Å². The molecule has 0 spiro atoms. The van der Waals surface area contributed by atoms with Crippen LogP contribution in [0.15, 0.2) is 24.3 Å². The molecule has 0 heterocycles. The fraction of sp³-hybridized carbons (Fsp3) is 0.533. The van der Waals surface area contributed by atoms with Crippen LogP contribution in [0.1, 0.15) is 36.3 Å². The molecule has 0 radical (unpaired) electrons. The monoisotopic (exact) mass is 230 g/mol. The Kier molecular flexibility index (Phi) is 2.75. The summed E-state index contributed by atoms with van der Waals surface area (Å²) in [6.07, 6.45) is 3.90. The minimum atomic E-state index is -0.136. The standard InChI is InChI=1S/C15H18O2/c1-17-15(10-6-7-10)14(16)9-12-8-11-4-2-3-5-13(11)12/h2-5,10,12,15H,6-9H2,1H3. The number of ether oxygens (including phenoxy) is 1. The normalized spacial score (nSPS) is 23.7. The smallest absolute Gasteiger partial charge is 0.162 e. The predicted molar refractivity (Wildman–Crippen MR) is 66.0 cm³/mol. The lowest BCUT2D eigenvalue weighted by atomic mass is 9.74. The molecule has 0 amide bonds. The number of carbonyl (C=O) groups is 1. The van der Waals surface area contributed by atoms with Crippen LogP contribution < -0.4 is 0 Å². The maximum Gasteiger partial charge on any atom is 0.162 e. The largest absolute Gasteiger partial charge is 0.373 e. The maximum absolute atomic E-state index is 12.1. The molecule has 0 saturated heterocycles. The van der Waals surface area contributed by atoms with Gasteiger partial charge in [-0.15, -0.1) is 0 Å². The van der Waals surface area contributed by atoms with E-state index in [1.165, 1.54) is 11.1 Å². The molecular weight excluding hydrogens is 212 g/mol. The quantitative estimate of drug-likeness (QED) is 0.777. The van der Waals surface area contributed by atoms with Gasteiger partial charge >= 0.3 is 0 Å². The molecule has 90 valence electrons. The molecule has 2 heteroatoms. The molecular formula is C15H18O2. The van der Waals surface area contributed by atoms with Gasteiger partial charge in [-0.3, -0.25) is 4.79 Å². The molecule has 2 aliphatic rings. The van der Waals surface area contributed by atoms with Crippen LogP contribution in [0.25, 0.3) is 0 Å². The van der Waals surface area contributed by atoms with Gasteiger partial charge in [-0.2, -0.15) is 0 Å². The fourth-order valence-corrected chi connectivity index (χ4v) is 2.89. The van der Waals surface area contributed by atoms with Crippen LogP contribution in [0.4, 0.5) is 0 Å². The highest BCUT2D eigenvalue weighted by Crippen LogP contribution is 2.40. The number of hydrogen-bond donors (Lipinski definition) is 0. The Balaban J connectivity index is 1.63. The summed E-state index contributed by atoms with van der Waals surface area (Å²) in [6, 6.07) is 8.43. The van der Waals surface area contributed by atoms with E-state index in [4.69, 9.17) is 4.74 Å². The van der Waals surface area contributed by atoms with Crippen molar-refractivity contribution in [3.8, 4) is 0 Å². The van der Waals surface area contributed by atoms with Gasteiger partial charge in [0.05, 0.1) is 0 Å². The molecule has 0 aromatic heterocycles. The summed E-state index contributed by atoms with van der Waals surface area (Å²) >= 11 is 0. The van der Waals surface area contributed by atoms with Crippen LogP contribution in [-0.4, -0.2) is 19.0 Å². The number of ketones is 1. The molecule has 2 atom stereocenters. The first-order valence-corrected chi connectivity index (χ1v) is 6.43. The fourth-order valence-electron chi connectivity index (χ4n) is 2.89. The van der Waals surface area contributed by atoms with E-state index in [1.54, 1.807) is 7.11 Å². The molecule has 2 aliphatic carbocycles. The molecule has 2 nitrogen and oxygen atoms in total. The molecule has 1 aromatic rings. The summed E-state index contributed by atoms with van der Waals surface area (Å²) in [4.78, 5) is 12.1. The van der Waals surface area contributed by atoms with Crippen LogP contribution in [-0.2, 0) is 16.0 Å². The summed E-state index contributed by atoms with van der Waals surface area (Å²) < 4.78 is 5.34. The first kappa shape index (κ1) is 11.0. The van der Waals surface area contributed by atoms with Crippen LogP contribution in [0.3, 0.4) is 0 Å². The molecule has 1 saturated carbocycles. The predicted octanol–water partition coefficient (Wildman–Crippen LogP) is 2.71. The van der Waals surface area contributed by atoms with Gasteiger partial charge in [0.2, 0.25) is 0 Å². The second-order valence-corrected chi connectivity index (χ2v) is 5.26. The van der Waals surface area contributed by atoms with E-state index in [-0.39, 0.29) is 6.10 Å². The van der Waals surface area contributed by atoms with Crippen LogP contribution in [0, 0.1) is 5.92 Å². The molecule has 17 heavy (non-hydrogen) atoms. The molecule has 1 fully saturated rings. The van der Waals surface area contributed by atoms with E-state index < -0.39 is 0 Å². The third kappa shape index (κ3) is 2.02. The van der Waals surface area contributed by atoms with E-state index in [0.717, 1.165) is 19.3 Å². The Morgan fingerprint density at radius 3 is 2.82 bits per heavy atom. The number of Topliss-reactive ketones (excluding diaryl/α,β-unsaturated/α-hetero) is 1. The summed E-state index contributed by atoms with van der Waals surface area (Å²) in [5.74, 6) is 1.24. The molecule has 0 aliphatic heterocycles. The van der Waals surface area contributed by atoms with Gasteiger partial charge in [0.25, 0.3) is 0 Å². The number of rotatable bonds is 5. The Morgan fingerprint density at radius 1 is 1.41 bits per heavy atom. The second kappa shape index (κ2) is 4.26. The first-order valence-electron chi connectivity index (χ1n) is 6.43. The van der Waals surface area contributed by atoms with Crippen molar-refractivity contribution in [2.24, 2.45) is 5.92 Å². The van der Waals surface area contributed by atoms with Gasteiger partial charge in [-0.25, -0.2) is 0 Å². The molecule has 2 unspecified atom stereocenters. The summed E-state index contributed by atoms with van der Waals surface area (Å²) in [5.41, 5.74) is 2.78. The molecule has 3 rings (SSSR count). The SMILES string of the molecule is COC(C(=O)CC1Cc2ccccc21)C1CC1. The van der Waals surface area contributed by atoms with Crippen molar-refractivity contribution in [2.75, 3.05) is 7.11 Å². The highest BCUT2D eigenvalue weighted by atomic mass is 16.5. The van der Waals surface area contributed by atoms with Crippen molar-refractivity contribution < 1.29 is 9.53 Å².